The minimum Gasteiger partial charge on any atom is -0.482 e. The highest BCUT2D eigenvalue weighted by atomic mass is 16.5. The molecule has 6 nitrogen and oxygen atoms in total. The summed E-state index contributed by atoms with van der Waals surface area (Å²) in [6.45, 7) is 0.772. The molecule has 1 atom stereocenters. The van der Waals surface area contributed by atoms with E-state index in [0.29, 0.717) is 18.9 Å². The summed E-state index contributed by atoms with van der Waals surface area (Å²) in [6.07, 6.45) is 2.51. The maximum atomic E-state index is 12.3. The Balaban J connectivity index is 1.86. The second-order valence-corrected chi connectivity index (χ2v) is 5.38. The Bertz CT molecular complexity index is 508. The molecule has 0 radical (unpaired) electrons. The maximum Gasteiger partial charge on any atom is 0.341 e. The highest BCUT2D eigenvalue weighted by molar-refractivity contribution is 5.80. The minimum absolute atomic E-state index is 0.00547. The lowest BCUT2D eigenvalue weighted by Gasteiger charge is -2.26. The van der Waals surface area contributed by atoms with Gasteiger partial charge in [-0.2, -0.15) is 0 Å². The molecule has 2 rings (SSSR count). The Morgan fingerprint density at radius 2 is 2.05 bits per heavy atom. The number of nitrogens with zero attached hydrogens (tertiary/aromatic N) is 1. The van der Waals surface area contributed by atoms with Gasteiger partial charge in [0.2, 0.25) is 0 Å². The molecule has 1 N–H and O–H groups in total. The van der Waals surface area contributed by atoms with E-state index in [-0.39, 0.29) is 18.6 Å². The number of carbonyl (C=O) groups excluding carboxylic acids is 1. The summed E-state index contributed by atoms with van der Waals surface area (Å²) in [7, 11) is 1.76. The summed E-state index contributed by atoms with van der Waals surface area (Å²) in [6, 6.07) is 7.05. The van der Waals surface area contributed by atoms with Crippen LogP contribution in [0.3, 0.4) is 0 Å². The first kappa shape index (κ1) is 16.3. The molecule has 1 saturated heterocycles. The van der Waals surface area contributed by atoms with E-state index in [2.05, 4.69) is 0 Å². The molecule has 0 unspecified atom stereocenters. The number of carboxylic acids is 1. The summed E-state index contributed by atoms with van der Waals surface area (Å²) in [5, 5.41) is 8.55. The van der Waals surface area contributed by atoms with Gasteiger partial charge in [-0.05, 0) is 37.0 Å². The van der Waals surface area contributed by atoms with Crippen LogP contribution in [0.5, 0.6) is 5.75 Å². The van der Waals surface area contributed by atoms with Crippen molar-refractivity contribution in [3.05, 3.63) is 29.8 Å². The van der Waals surface area contributed by atoms with Crippen molar-refractivity contribution in [2.24, 2.45) is 0 Å². The lowest BCUT2D eigenvalue weighted by atomic mass is 10.1. The molecule has 120 valence electrons. The van der Waals surface area contributed by atoms with Crippen LogP contribution >= 0.6 is 0 Å². The Morgan fingerprint density at radius 1 is 1.32 bits per heavy atom. The molecule has 0 spiro atoms. The van der Waals surface area contributed by atoms with E-state index in [9.17, 15) is 9.59 Å². The van der Waals surface area contributed by atoms with Crippen molar-refractivity contribution in [3.8, 4) is 5.75 Å². The molecule has 0 bridgehead atoms. The van der Waals surface area contributed by atoms with Crippen LogP contribution in [0.2, 0.25) is 0 Å². The van der Waals surface area contributed by atoms with Gasteiger partial charge in [-0.3, -0.25) is 4.79 Å². The van der Waals surface area contributed by atoms with Gasteiger partial charge in [-0.25, -0.2) is 4.79 Å². The molecule has 1 fully saturated rings. The van der Waals surface area contributed by atoms with Crippen molar-refractivity contribution in [2.45, 2.75) is 31.9 Å². The topological polar surface area (TPSA) is 76.1 Å². The van der Waals surface area contributed by atoms with E-state index in [0.717, 1.165) is 24.8 Å². The lowest BCUT2D eigenvalue weighted by Crippen LogP contribution is -2.39. The highest BCUT2D eigenvalue weighted by Crippen LogP contribution is 2.17. The van der Waals surface area contributed by atoms with Crippen LogP contribution in [0.15, 0.2) is 24.3 Å². The molecule has 0 aliphatic carbocycles. The van der Waals surface area contributed by atoms with Crippen molar-refractivity contribution in [1.29, 1.82) is 0 Å². The van der Waals surface area contributed by atoms with Gasteiger partial charge in [0, 0.05) is 20.2 Å². The van der Waals surface area contributed by atoms with Crippen molar-refractivity contribution >= 4 is 11.9 Å². The van der Waals surface area contributed by atoms with Gasteiger partial charge in [0.15, 0.2) is 6.61 Å². The van der Waals surface area contributed by atoms with Gasteiger partial charge in [-0.1, -0.05) is 12.1 Å². The average Bonchev–Trinajstić information content (AvgIpc) is 2.54. The Labute approximate surface area is 129 Å². The SMILES string of the molecule is CN(Cc1ccc(OCC(=O)O)cc1)C(=O)[C@H]1CCCCO1. The first-order valence-corrected chi connectivity index (χ1v) is 7.36. The molecular formula is C16H21NO5. The second-order valence-electron chi connectivity index (χ2n) is 5.38. The summed E-state index contributed by atoms with van der Waals surface area (Å²) >= 11 is 0. The standard InChI is InChI=1S/C16H21NO5/c1-17(16(20)14-4-2-3-9-21-14)10-12-5-7-13(8-6-12)22-11-15(18)19/h5-8,14H,2-4,9-11H2,1H3,(H,18,19)/t14-/m1/s1. The fraction of sp³-hybridized carbons (Fsp3) is 0.500. The van der Waals surface area contributed by atoms with Gasteiger partial charge in [0.05, 0.1) is 0 Å². The van der Waals surface area contributed by atoms with Crippen molar-refractivity contribution in [2.75, 3.05) is 20.3 Å². The number of likely N-dealkylation sites (N-methyl/N-ethyl adjacent to an activating group) is 1. The molecule has 1 heterocycles. The molecular weight excluding hydrogens is 286 g/mol. The normalized spacial score (nSPS) is 17.8. The van der Waals surface area contributed by atoms with E-state index in [1.54, 1.807) is 24.1 Å². The van der Waals surface area contributed by atoms with Crippen LogP contribution in [0.25, 0.3) is 0 Å². The summed E-state index contributed by atoms with van der Waals surface area (Å²) in [4.78, 5) is 24.3. The van der Waals surface area contributed by atoms with E-state index < -0.39 is 5.97 Å². The van der Waals surface area contributed by atoms with Gasteiger partial charge in [0.1, 0.15) is 11.9 Å². The average molecular weight is 307 g/mol. The summed E-state index contributed by atoms with van der Waals surface area (Å²) in [5.41, 5.74) is 0.953. The number of hydrogen-bond donors (Lipinski definition) is 1. The van der Waals surface area contributed by atoms with Gasteiger partial charge in [-0.15, -0.1) is 0 Å². The van der Waals surface area contributed by atoms with Crippen molar-refractivity contribution in [1.82, 2.24) is 4.90 Å². The zero-order valence-electron chi connectivity index (χ0n) is 12.7. The Kier molecular flexibility index (Phi) is 5.77. The number of amides is 1. The lowest BCUT2D eigenvalue weighted by molar-refractivity contribution is -0.145. The second kappa shape index (κ2) is 7.79. The van der Waals surface area contributed by atoms with Crippen LogP contribution in [0.1, 0.15) is 24.8 Å². The molecule has 22 heavy (non-hydrogen) atoms. The van der Waals surface area contributed by atoms with E-state index in [1.165, 1.54) is 0 Å². The Morgan fingerprint density at radius 3 is 2.64 bits per heavy atom. The van der Waals surface area contributed by atoms with Crippen LogP contribution in [-0.4, -0.2) is 48.2 Å². The molecule has 1 aliphatic rings. The third-order valence-corrected chi connectivity index (χ3v) is 3.54. The van der Waals surface area contributed by atoms with Crippen LogP contribution < -0.4 is 4.74 Å². The number of carboxylic acid groups (broad SMARTS) is 1. The smallest absolute Gasteiger partial charge is 0.341 e. The highest BCUT2D eigenvalue weighted by Gasteiger charge is 2.24. The predicted octanol–water partition coefficient (Wildman–Crippen LogP) is 1.68. The molecule has 6 heteroatoms. The molecule has 1 aromatic carbocycles. The quantitative estimate of drug-likeness (QED) is 0.865. The number of hydrogen-bond acceptors (Lipinski definition) is 4. The Hall–Kier alpha value is -2.08. The van der Waals surface area contributed by atoms with Crippen LogP contribution in [-0.2, 0) is 20.9 Å². The largest absolute Gasteiger partial charge is 0.482 e. The molecule has 1 aromatic rings. The molecule has 0 saturated carbocycles. The van der Waals surface area contributed by atoms with Crippen molar-refractivity contribution < 1.29 is 24.2 Å². The number of benzene rings is 1. The third-order valence-electron chi connectivity index (χ3n) is 3.54. The fourth-order valence-electron chi connectivity index (χ4n) is 2.37. The summed E-state index contributed by atoms with van der Waals surface area (Å²) < 4.78 is 10.6. The molecule has 1 aliphatic heterocycles. The zero-order chi connectivity index (χ0) is 15.9. The van der Waals surface area contributed by atoms with E-state index in [1.807, 2.05) is 12.1 Å². The minimum atomic E-state index is -1.01. The van der Waals surface area contributed by atoms with Gasteiger partial charge < -0.3 is 19.5 Å². The fourth-order valence-corrected chi connectivity index (χ4v) is 2.37. The molecule has 1 amide bonds. The first-order chi connectivity index (χ1) is 10.6. The maximum absolute atomic E-state index is 12.3. The van der Waals surface area contributed by atoms with E-state index >= 15 is 0 Å². The number of ether oxygens (including phenoxy) is 2. The number of aliphatic carboxylic acids is 1. The third kappa shape index (κ3) is 4.73. The first-order valence-electron chi connectivity index (χ1n) is 7.36. The van der Waals surface area contributed by atoms with Gasteiger partial charge in [0.25, 0.3) is 5.91 Å². The molecule has 0 aromatic heterocycles. The predicted molar refractivity (Wildman–Crippen MR) is 79.6 cm³/mol. The van der Waals surface area contributed by atoms with Crippen molar-refractivity contribution in [3.63, 3.8) is 0 Å². The van der Waals surface area contributed by atoms with Crippen LogP contribution in [0.4, 0.5) is 0 Å². The summed E-state index contributed by atoms with van der Waals surface area (Å²) in [5.74, 6) is -0.511. The van der Waals surface area contributed by atoms with E-state index in [4.69, 9.17) is 14.6 Å². The monoisotopic (exact) mass is 307 g/mol. The van der Waals surface area contributed by atoms with Gasteiger partial charge >= 0.3 is 5.97 Å². The number of carbonyl (C=O) groups is 2. The number of rotatable bonds is 6. The zero-order valence-corrected chi connectivity index (χ0v) is 12.7. The van der Waals surface area contributed by atoms with Crippen LogP contribution in [0, 0.1) is 0 Å².